The van der Waals surface area contributed by atoms with Gasteiger partial charge in [0.05, 0.1) is 17.0 Å². The average molecular weight is 359 g/mol. The molecule has 0 aliphatic rings. The van der Waals surface area contributed by atoms with Crippen molar-refractivity contribution in [3.05, 3.63) is 48.3 Å². The lowest BCUT2D eigenvalue weighted by molar-refractivity contribution is 0.208. The van der Waals surface area contributed by atoms with Crippen LogP contribution in [0.1, 0.15) is 19.5 Å². The molecule has 0 spiro atoms. The molecule has 0 fully saturated rings. The Hall–Kier alpha value is -2.22. The van der Waals surface area contributed by atoms with Crippen molar-refractivity contribution in [3.8, 4) is 11.1 Å². The molecular formula is C18H21N3O3S. The molecule has 3 aromatic rings. The summed E-state index contributed by atoms with van der Waals surface area (Å²) >= 11 is 0. The molecule has 0 saturated carbocycles. The normalized spacial score (nSPS) is 12.6. The number of rotatable bonds is 5. The van der Waals surface area contributed by atoms with Gasteiger partial charge in [0.1, 0.15) is 5.65 Å². The highest BCUT2D eigenvalue weighted by Crippen LogP contribution is 2.28. The van der Waals surface area contributed by atoms with Gasteiger partial charge in [0.15, 0.2) is 0 Å². The van der Waals surface area contributed by atoms with Gasteiger partial charge in [-0.25, -0.2) is 18.1 Å². The zero-order chi connectivity index (χ0) is 18.2. The van der Waals surface area contributed by atoms with Crippen LogP contribution < -0.4 is 4.72 Å². The predicted molar refractivity (Wildman–Crippen MR) is 97.8 cm³/mol. The number of sulfonamides is 1. The van der Waals surface area contributed by atoms with E-state index in [2.05, 4.69) is 14.7 Å². The number of aromatic amines is 1. The van der Waals surface area contributed by atoms with Crippen LogP contribution in [0.15, 0.2) is 47.5 Å². The minimum atomic E-state index is -3.70. The zero-order valence-corrected chi connectivity index (χ0v) is 15.2. The fraction of sp³-hybridized carbons (Fsp3) is 0.278. The summed E-state index contributed by atoms with van der Waals surface area (Å²) in [5.74, 6) is 0. The van der Waals surface area contributed by atoms with E-state index in [0.29, 0.717) is 0 Å². The highest BCUT2D eigenvalue weighted by molar-refractivity contribution is 7.89. The molecule has 3 rings (SSSR count). The topological polar surface area (TPSA) is 95.1 Å². The van der Waals surface area contributed by atoms with E-state index in [9.17, 15) is 13.5 Å². The Balaban J connectivity index is 1.97. The number of aryl methyl sites for hydroxylation is 1. The van der Waals surface area contributed by atoms with E-state index in [1.807, 2.05) is 19.1 Å². The Bertz CT molecular complexity index is 1010. The van der Waals surface area contributed by atoms with Gasteiger partial charge in [-0.1, -0.05) is 12.1 Å². The van der Waals surface area contributed by atoms with Gasteiger partial charge in [-0.3, -0.25) is 0 Å². The summed E-state index contributed by atoms with van der Waals surface area (Å²) in [6.07, 6.45) is 1.73. The van der Waals surface area contributed by atoms with Gasteiger partial charge in [-0.05, 0) is 56.2 Å². The number of aliphatic hydroxyl groups excluding tert-OH is 1. The van der Waals surface area contributed by atoms with E-state index in [4.69, 9.17) is 0 Å². The van der Waals surface area contributed by atoms with Crippen LogP contribution in [0, 0.1) is 6.92 Å². The molecule has 0 aliphatic heterocycles. The number of H-pyrrole nitrogens is 1. The van der Waals surface area contributed by atoms with E-state index >= 15 is 0 Å². The summed E-state index contributed by atoms with van der Waals surface area (Å²) in [7, 11) is -3.70. The quantitative estimate of drug-likeness (QED) is 0.652. The smallest absolute Gasteiger partial charge is 0.241 e. The molecule has 1 aromatic carbocycles. The molecular weight excluding hydrogens is 338 g/mol. The number of hydrogen-bond donors (Lipinski definition) is 3. The van der Waals surface area contributed by atoms with Crippen molar-refractivity contribution in [3.63, 3.8) is 0 Å². The number of nitrogens with one attached hydrogen (secondary N) is 2. The van der Waals surface area contributed by atoms with Gasteiger partial charge >= 0.3 is 0 Å². The third-order valence-corrected chi connectivity index (χ3v) is 5.66. The molecule has 3 N–H and O–H groups in total. The van der Waals surface area contributed by atoms with Crippen LogP contribution in [-0.4, -0.2) is 35.6 Å². The Morgan fingerprint density at radius 2 is 1.88 bits per heavy atom. The second kappa shape index (κ2) is 6.25. The third-order valence-electron chi connectivity index (χ3n) is 3.95. The van der Waals surface area contributed by atoms with Crippen LogP contribution >= 0.6 is 0 Å². The number of benzene rings is 1. The molecule has 0 amide bonds. The number of aliphatic hydroxyl groups is 1. The lowest BCUT2D eigenvalue weighted by Gasteiger charge is -2.23. The van der Waals surface area contributed by atoms with Crippen molar-refractivity contribution in [2.45, 2.75) is 31.2 Å². The molecule has 0 saturated heterocycles. The second-order valence-corrected chi connectivity index (χ2v) is 8.43. The first-order valence-electron chi connectivity index (χ1n) is 7.91. The van der Waals surface area contributed by atoms with Gasteiger partial charge in [0.2, 0.25) is 10.0 Å². The summed E-state index contributed by atoms with van der Waals surface area (Å²) in [6.45, 7) is 4.93. The van der Waals surface area contributed by atoms with Crippen LogP contribution in [0.5, 0.6) is 0 Å². The van der Waals surface area contributed by atoms with Crippen molar-refractivity contribution in [1.29, 1.82) is 0 Å². The Labute approximate surface area is 147 Å². The number of pyridine rings is 1. The van der Waals surface area contributed by atoms with Crippen molar-refractivity contribution in [2.75, 3.05) is 6.61 Å². The molecule has 0 radical (unpaired) electrons. The van der Waals surface area contributed by atoms with Gasteiger partial charge in [-0.2, -0.15) is 0 Å². The van der Waals surface area contributed by atoms with Crippen LogP contribution in [0.3, 0.4) is 0 Å². The Morgan fingerprint density at radius 3 is 2.52 bits per heavy atom. The van der Waals surface area contributed by atoms with Gasteiger partial charge in [0, 0.05) is 17.3 Å². The summed E-state index contributed by atoms with van der Waals surface area (Å²) in [6, 6.07) is 10.6. The summed E-state index contributed by atoms with van der Waals surface area (Å²) in [5, 5.41) is 10.3. The predicted octanol–water partition coefficient (Wildman–Crippen LogP) is 2.59. The van der Waals surface area contributed by atoms with Gasteiger partial charge in [0.25, 0.3) is 0 Å². The molecule has 6 nitrogen and oxygen atoms in total. The van der Waals surface area contributed by atoms with Gasteiger partial charge < -0.3 is 10.1 Å². The molecule has 132 valence electrons. The first kappa shape index (κ1) is 17.6. The molecule has 0 unspecified atom stereocenters. The largest absolute Gasteiger partial charge is 0.394 e. The summed E-state index contributed by atoms with van der Waals surface area (Å²) < 4.78 is 27.4. The van der Waals surface area contributed by atoms with Crippen LogP contribution in [0.2, 0.25) is 0 Å². The van der Waals surface area contributed by atoms with E-state index in [0.717, 1.165) is 27.9 Å². The molecule has 25 heavy (non-hydrogen) atoms. The van der Waals surface area contributed by atoms with Crippen molar-refractivity contribution in [2.24, 2.45) is 0 Å². The lowest BCUT2D eigenvalue weighted by atomic mass is 10.0. The van der Waals surface area contributed by atoms with Crippen molar-refractivity contribution in [1.82, 2.24) is 14.7 Å². The highest BCUT2D eigenvalue weighted by Gasteiger charge is 2.25. The molecule has 0 bridgehead atoms. The molecule has 2 heterocycles. The maximum absolute atomic E-state index is 12.4. The standard InChI is InChI=1S/C18H21N3O3S/c1-12-10-16-15(8-9-19-17(16)20-12)13-4-6-14(7-5-13)25(23,24)21-18(2,3)11-22/h4-10,21-22H,11H2,1-3H3,(H,19,20). The molecule has 0 atom stereocenters. The first-order chi connectivity index (χ1) is 11.7. The van der Waals surface area contributed by atoms with Crippen LogP contribution in [0.4, 0.5) is 0 Å². The highest BCUT2D eigenvalue weighted by atomic mass is 32.2. The number of nitrogens with zero attached hydrogens (tertiary/aromatic N) is 1. The molecule has 2 aromatic heterocycles. The summed E-state index contributed by atoms with van der Waals surface area (Å²) in [4.78, 5) is 7.67. The fourth-order valence-corrected chi connectivity index (χ4v) is 4.08. The third kappa shape index (κ3) is 3.58. The van der Waals surface area contributed by atoms with Gasteiger partial charge in [-0.15, -0.1) is 0 Å². The maximum atomic E-state index is 12.4. The fourth-order valence-electron chi connectivity index (χ4n) is 2.68. The van der Waals surface area contributed by atoms with Crippen molar-refractivity contribution < 1.29 is 13.5 Å². The first-order valence-corrected chi connectivity index (χ1v) is 9.40. The van der Waals surface area contributed by atoms with Crippen molar-refractivity contribution >= 4 is 21.1 Å². The molecule has 7 heteroatoms. The minimum absolute atomic E-state index is 0.160. The number of aromatic nitrogens is 2. The maximum Gasteiger partial charge on any atom is 0.241 e. The summed E-state index contributed by atoms with van der Waals surface area (Å²) in [5.41, 5.74) is 2.80. The number of hydrogen-bond acceptors (Lipinski definition) is 4. The van der Waals surface area contributed by atoms with Crippen LogP contribution in [-0.2, 0) is 10.0 Å². The monoisotopic (exact) mass is 359 g/mol. The minimum Gasteiger partial charge on any atom is -0.394 e. The SMILES string of the molecule is Cc1cc2c(-c3ccc(S(=O)(=O)NC(C)(C)CO)cc3)ccnc2[nH]1. The second-order valence-electron chi connectivity index (χ2n) is 6.75. The lowest BCUT2D eigenvalue weighted by Crippen LogP contribution is -2.46. The average Bonchev–Trinajstić information content (AvgIpc) is 2.94. The zero-order valence-electron chi connectivity index (χ0n) is 14.4. The van der Waals surface area contributed by atoms with E-state index in [1.54, 1.807) is 44.3 Å². The number of fused-ring (bicyclic) bond motifs is 1. The van der Waals surface area contributed by atoms with E-state index < -0.39 is 15.6 Å². The van der Waals surface area contributed by atoms with E-state index in [1.165, 1.54) is 0 Å². The Kier molecular flexibility index (Phi) is 4.40. The van der Waals surface area contributed by atoms with E-state index in [-0.39, 0.29) is 11.5 Å². The Morgan fingerprint density at radius 1 is 1.20 bits per heavy atom. The molecule has 0 aliphatic carbocycles. The van der Waals surface area contributed by atoms with Crippen LogP contribution in [0.25, 0.3) is 22.2 Å².